The monoisotopic (exact) mass is 311 g/mol. The van der Waals surface area contributed by atoms with Gasteiger partial charge in [-0.15, -0.1) is 0 Å². The van der Waals surface area contributed by atoms with Gasteiger partial charge in [0.25, 0.3) is 5.91 Å². The number of aromatic nitrogens is 3. The van der Waals surface area contributed by atoms with Gasteiger partial charge in [0.2, 0.25) is 0 Å². The molecule has 0 radical (unpaired) electrons. The fourth-order valence-corrected chi connectivity index (χ4v) is 3.14. The Morgan fingerprint density at radius 2 is 1.87 bits per heavy atom. The van der Waals surface area contributed by atoms with Crippen LogP contribution in [0.2, 0.25) is 0 Å². The number of para-hydroxylation sites is 2. The van der Waals surface area contributed by atoms with E-state index in [1.807, 2.05) is 28.8 Å². The Hall–Kier alpha value is -2.63. The Balaban J connectivity index is 2.40. The number of rotatable bonds is 5. The van der Waals surface area contributed by atoms with E-state index in [9.17, 15) is 4.79 Å². The van der Waals surface area contributed by atoms with E-state index < -0.39 is 5.91 Å². The van der Waals surface area contributed by atoms with Gasteiger partial charge in [0.15, 0.2) is 5.65 Å². The highest BCUT2D eigenvalue weighted by atomic mass is 16.1. The van der Waals surface area contributed by atoms with Crippen molar-refractivity contribution in [2.75, 3.05) is 5.73 Å². The molecule has 120 valence electrons. The van der Waals surface area contributed by atoms with Gasteiger partial charge in [-0.2, -0.15) is 0 Å². The number of amides is 1. The Bertz CT molecular complexity index is 883. The number of anilines is 1. The van der Waals surface area contributed by atoms with Crippen LogP contribution in [0.5, 0.6) is 0 Å². The summed E-state index contributed by atoms with van der Waals surface area (Å²) in [6.07, 6.45) is 2.87. The quantitative estimate of drug-likeness (QED) is 0.756. The standard InChI is InChI=1S/C17H21N5O/c1-3-7-10(4-2)22-15(18)13(16(19)23)14-17(22)21-12-9-6-5-8-11(12)20-14/h5-6,8-10H,3-4,7,18H2,1-2H3,(H2,19,23). The molecule has 0 saturated heterocycles. The van der Waals surface area contributed by atoms with E-state index in [1.54, 1.807) is 0 Å². The van der Waals surface area contributed by atoms with E-state index in [0.717, 1.165) is 30.3 Å². The minimum Gasteiger partial charge on any atom is -0.384 e. The highest BCUT2D eigenvalue weighted by Gasteiger charge is 2.25. The Morgan fingerprint density at radius 3 is 2.43 bits per heavy atom. The molecule has 1 atom stereocenters. The zero-order valence-corrected chi connectivity index (χ0v) is 13.4. The fourth-order valence-electron chi connectivity index (χ4n) is 3.14. The second kappa shape index (κ2) is 5.87. The minimum absolute atomic E-state index is 0.172. The topological polar surface area (TPSA) is 99.8 Å². The lowest BCUT2D eigenvalue weighted by molar-refractivity contribution is 0.100. The van der Waals surface area contributed by atoms with Crippen molar-refractivity contribution >= 4 is 33.9 Å². The van der Waals surface area contributed by atoms with Crippen LogP contribution in [0, 0.1) is 0 Å². The maximum Gasteiger partial charge on any atom is 0.254 e. The van der Waals surface area contributed by atoms with Gasteiger partial charge in [0, 0.05) is 6.04 Å². The number of hydrogen-bond donors (Lipinski definition) is 2. The molecule has 1 aromatic carbocycles. The first-order valence-electron chi connectivity index (χ1n) is 7.94. The Labute approximate surface area is 134 Å². The minimum atomic E-state index is -0.567. The predicted octanol–water partition coefficient (Wildman–Crippen LogP) is 3.02. The predicted molar refractivity (Wildman–Crippen MR) is 92.2 cm³/mol. The number of fused-ring (bicyclic) bond motifs is 2. The van der Waals surface area contributed by atoms with Crippen LogP contribution in [-0.2, 0) is 0 Å². The second-order valence-corrected chi connectivity index (χ2v) is 5.73. The molecule has 1 amide bonds. The summed E-state index contributed by atoms with van der Waals surface area (Å²) < 4.78 is 1.93. The number of nitrogens with zero attached hydrogens (tertiary/aromatic N) is 3. The summed E-state index contributed by atoms with van der Waals surface area (Å²) in [7, 11) is 0. The van der Waals surface area contributed by atoms with Gasteiger partial charge in [-0.25, -0.2) is 9.97 Å². The van der Waals surface area contributed by atoms with Crippen molar-refractivity contribution in [3.8, 4) is 0 Å². The van der Waals surface area contributed by atoms with Crippen LogP contribution in [0.25, 0.3) is 22.2 Å². The highest BCUT2D eigenvalue weighted by Crippen LogP contribution is 2.33. The summed E-state index contributed by atoms with van der Waals surface area (Å²) in [6, 6.07) is 7.74. The average Bonchev–Trinajstić information content (AvgIpc) is 2.81. The second-order valence-electron chi connectivity index (χ2n) is 5.73. The molecule has 3 rings (SSSR count). The highest BCUT2D eigenvalue weighted by molar-refractivity contribution is 6.10. The molecule has 0 aliphatic rings. The van der Waals surface area contributed by atoms with Crippen LogP contribution in [0.15, 0.2) is 24.3 Å². The zero-order chi connectivity index (χ0) is 16.6. The van der Waals surface area contributed by atoms with E-state index in [1.165, 1.54) is 0 Å². The van der Waals surface area contributed by atoms with Crippen molar-refractivity contribution in [3.63, 3.8) is 0 Å². The molecule has 23 heavy (non-hydrogen) atoms. The molecule has 4 N–H and O–H groups in total. The molecule has 0 aliphatic carbocycles. The van der Waals surface area contributed by atoms with Crippen LogP contribution < -0.4 is 11.5 Å². The molecule has 0 fully saturated rings. The SMILES string of the molecule is CCCC(CC)n1c(N)c(C(N)=O)c2nc3ccccc3nc21. The number of nitrogens with two attached hydrogens (primary N) is 2. The maximum atomic E-state index is 11.9. The van der Waals surface area contributed by atoms with Gasteiger partial charge < -0.3 is 16.0 Å². The number of carbonyl (C=O) groups is 1. The molecule has 0 saturated carbocycles. The molecule has 0 bridgehead atoms. The van der Waals surface area contributed by atoms with Gasteiger partial charge in [-0.05, 0) is 25.0 Å². The van der Waals surface area contributed by atoms with Gasteiger partial charge in [0.05, 0.1) is 11.0 Å². The van der Waals surface area contributed by atoms with Crippen molar-refractivity contribution in [1.29, 1.82) is 0 Å². The number of benzene rings is 1. The third-order valence-electron chi connectivity index (χ3n) is 4.24. The lowest BCUT2D eigenvalue weighted by Gasteiger charge is -2.18. The molecule has 2 aromatic heterocycles. The molecule has 0 aliphatic heterocycles. The fraction of sp³-hybridized carbons (Fsp3) is 0.353. The normalized spacial score (nSPS) is 12.8. The molecule has 1 unspecified atom stereocenters. The van der Waals surface area contributed by atoms with Crippen molar-refractivity contribution in [3.05, 3.63) is 29.8 Å². The van der Waals surface area contributed by atoms with Crippen molar-refractivity contribution < 1.29 is 4.79 Å². The van der Waals surface area contributed by atoms with Gasteiger partial charge in [0.1, 0.15) is 16.9 Å². The molecule has 6 nitrogen and oxygen atoms in total. The lowest BCUT2D eigenvalue weighted by Crippen LogP contribution is -2.16. The average molecular weight is 311 g/mol. The van der Waals surface area contributed by atoms with Crippen LogP contribution >= 0.6 is 0 Å². The first-order chi connectivity index (χ1) is 11.1. The molecular weight excluding hydrogens is 290 g/mol. The summed E-state index contributed by atoms with van der Waals surface area (Å²) in [5.74, 6) is -0.203. The molecular formula is C17H21N5O. The number of primary amides is 1. The van der Waals surface area contributed by atoms with Crippen LogP contribution in [0.3, 0.4) is 0 Å². The van der Waals surface area contributed by atoms with Crippen LogP contribution in [-0.4, -0.2) is 20.4 Å². The smallest absolute Gasteiger partial charge is 0.254 e. The molecule has 2 heterocycles. The summed E-state index contributed by atoms with van der Waals surface area (Å²) in [5.41, 5.74) is 14.7. The maximum absolute atomic E-state index is 11.9. The summed E-state index contributed by atoms with van der Waals surface area (Å²) in [6.45, 7) is 4.23. The summed E-state index contributed by atoms with van der Waals surface area (Å²) in [5, 5.41) is 0. The van der Waals surface area contributed by atoms with Crippen molar-refractivity contribution in [2.24, 2.45) is 5.73 Å². The van der Waals surface area contributed by atoms with Gasteiger partial charge in [-0.1, -0.05) is 32.4 Å². The molecule has 6 heteroatoms. The first-order valence-corrected chi connectivity index (χ1v) is 7.94. The Morgan fingerprint density at radius 1 is 1.22 bits per heavy atom. The largest absolute Gasteiger partial charge is 0.384 e. The van der Waals surface area contributed by atoms with E-state index in [-0.39, 0.29) is 11.6 Å². The van der Waals surface area contributed by atoms with Crippen LogP contribution in [0.1, 0.15) is 49.5 Å². The summed E-state index contributed by atoms with van der Waals surface area (Å²) >= 11 is 0. The number of carbonyl (C=O) groups excluding carboxylic acids is 1. The number of hydrogen-bond acceptors (Lipinski definition) is 4. The first kappa shape index (κ1) is 15.3. The van der Waals surface area contributed by atoms with E-state index >= 15 is 0 Å². The zero-order valence-electron chi connectivity index (χ0n) is 13.4. The third-order valence-corrected chi connectivity index (χ3v) is 4.24. The van der Waals surface area contributed by atoms with Gasteiger partial charge in [-0.3, -0.25) is 4.79 Å². The molecule has 0 spiro atoms. The van der Waals surface area contributed by atoms with Crippen molar-refractivity contribution in [1.82, 2.24) is 14.5 Å². The van der Waals surface area contributed by atoms with E-state index in [0.29, 0.717) is 17.0 Å². The number of nitrogen functional groups attached to an aromatic ring is 1. The van der Waals surface area contributed by atoms with Crippen molar-refractivity contribution in [2.45, 2.75) is 39.2 Å². The van der Waals surface area contributed by atoms with Crippen LogP contribution in [0.4, 0.5) is 5.82 Å². The molecule has 3 aromatic rings. The lowest BCUT2D eigenvalue weighted by atomic mass is 10.1. The van der Waals surface area contributed by atoms with Gasteiger partial charge >= 0.3 is 0 Å². The third kappa shape index (κ3) is 2.40. The van der Waals surface area contributed by atoms with E-state index in [4.69, 9.17) is 16.5 Å². The van der Waals surface area contributed by atoms with E-state index in [2.05, 4.69) is 18.8 Å². The summed E-state index contributed by atoms with van der Waals surface area (Å²) in [4.78, 5) is 21.2. The Kier molecular flexibility index (Phi) is 3.90.